The molecule has 0 aliphatic carbocycles. The van der Waals surface area contributed by atoms with Gasteiger partial charge in [0.2, 0.25) is 0 Å². The van der Waals surface area contributed by atoms with Crippen molar-refractivity contribution in [3.05, 3.63) is 83.9 Å². The van der Waals surface area contributed by atoms with Crippen molar-refractivity contribution in [3.63, 3.8) is 0 Å². The summed E-state index contributed by atoms with van der Waals surface area (Å²) in [6, 6.07) is 19.5. The van der Waals surface area contributed by atoms with Crippen LogP contribution < -0.4 is 0 Å². The summed E-state index contributed by atoms with van der Waals surface area (Å²) in [6.07, 6.45) is 1.82. The highest BCUT2D eigenvalue weighted by atomic mass is 16.7. The summed E-state index contributed by atoms with van der Waals surface area (Å²) in [4.78, 5) is 0. The van der Waals surface area contributed by atoms with E-state index in [2.05, 4.69) is 0 Å². The number of benzene rings is 2. The molecule has 27 heavy (non-hydrogen) atoms. The molecule has 2 aromatic carbocycles. The maximum absolute atomic E-state index is 10.5. The Balaban J connectivity index is 1.71. The van der Waals surface area contributed by atoms with Gasteiger partial charge in [0.25, 0.3) is 0 Å². The normalized spacial score (nSPS) is 24.1. The van der Waals surface area contributed by atoms with Crippen LogP contribution in [0, 0.1) is 0 Å². The van der Waals surface area contributed by atoms with Gasteiger partial charge in [-0.25, -0.2) is 0 Å². The van der Waals surface area contributed by atoms with Gasteiger partial charge in [-0.1, -0.05) is 72.8 Å². The second-order valence-electron chi connectivity index (χ2n) is 6.47. The number of aliphatic hydroxyl groups is 2. The summed E-state index contributed by atoms with van der Waals surface area (Å²) in [6.45, 7) is 0.566. The Morgan fingerprint density at radius 1 is 1.04 bits per heavy atom. The fraction of sp³-hybridized carbons (Fsp3) is 0.364. The zero-order chi connectivity index (χ0) is 18.9. The molecule has 0 spiro atoms. The molecule has 1 aliphatic rings. The topological polar surface area (TPSA) is 68.2 Å². The van der Waals surface area contributed by atoms with Crippen LogP contribution in [0.15, 0.2) is 72.8 Å². The molecular formula is C22H26O5. The van der Waals surface area contributed by atoms with E-state index in [4.69, 9.17) is 19.3 Å². The monoisotopic (exact) mass is 370 g/mol. The fourth-order valence-electron chi connectivity index (χ4n) is 3.05. The molecule has 0 amide bonds. The number of aliphatic hydroxyl groups excluding tert-OH is 2. The SMILES string of the molecule is OC/C=C\C[C@@H](OCc1ccccc1)[C@@H]1O[C@H](c2ccccc2)OC[C@H]1O. The van der Waals surface area contributed by atoms with Crippen LogP contribution in [-0.2, 0) is 20.8 Å². The molecule has 5 heteroatoms. The third-order valence-corrected chi connectivity index (χ3v) is 4.46. The van der Waals surface area contributed by atoms with Crippen molar-refractivity contribution < 1.29 is 24.4 Å². The Hall–Kier alpha value is -2.02. The molecule has 3 rings (SSSR count). The van der Waals surface area contributed by atoms with E-state index in [1.165, 1.54) is 0 Å². The predicted octanol–water partition coefficient (Wildman–Crippen LogP) is 2.99. The first-order chi connectivity index (χ1) is 13.3. The van der Waals surface area contributed by atoms with Gasteiger partial charge in [-0.2, -0.15) is 0 Å². The molecule has 1 aliphatic heterocycles. The van der Waals surface area contributed by atoms with Crippen molar-refractivity contribution in [2.75, 3.05) is 13.2 Å². The van der Waals surface area contributed by atoms with Gasteiger partial charge in [0.05, 0.1) is 25.9 Å². The Morgan fingerprint density at radius 3 is 2.44 bits per heavy atom. The second kappa shape index (κ2) is 10.3. The van der Waals surface area contributed by atoms with E-state index in [0.717, 1.165) is 11.1 Å². The lowest BCUT2D eigenvalue weighted by Crippen LogP contribution is -2.48. The molecule has 1 fully saturated rings. The van der Waals surface area contributed by atoms with E-state index < -0.39 is 18.5 Å². The molecule has 4 atom stereocenters. The summed E-state index contributed by atoms with van der Waals surface area (Å²) < 4.78 is 17.8. The minimum atomic E-state index is -0.784. The molecule has 0 bridgehead atoms. The Morgan fingerprint density at radius 2 is 1.74 bits per heavy atom. The molecule has 2 N–H and O–H groups in total. The number of hydrogen-bond acceptors (Lipinski definition) is 5. The van der Waals surface area contributed by atoms with Crippen molar-refractivity contribution in [2.45, 2.75) is 37.6 Å². The van der Waals surface area contributed by atoms with E-state index in [-0.39, 0.29) is 19.3 Å². The Bertz CT molecular complexity index is 688. The largest absolute Gasteiger partial charge is 0.392 e. The highest BCUT2D eigenvalue weighted by Gasteiger charge is 2.37. The van der Waals surface area contributed by atoms with Gasteiger partial charge in [-0.15, -0.1) is 0 Å². The molecule has 1 heterocycles. The zero-order valence-electron chi connectivity index (χ0n) is 15.2. The molecule has 0 unspecified atom stereocenters. The van der Waals surface area contributed by atoms with E-state index in [0.29, 0.717) is 13.0 Å². The molecule has 0 aromatic heterocycles. The lowest BCUT2D eigenvalue weighted by molar-refractivity contribution is -0.280. The summed E-state index contributed by atoms with van der Waals surface area (Å²) in [7, 11) is 0. The minimum absolute atomic E-state index is 0.0325. The van der Waals surface area contributed by atoms with Gasteiger partial charge >= 0.3 is 0 Å². The Kier molecular flexibility index (Phi) is 7.56. The second-order valence-corrected chi connectivity index (χ2v) is 6.47. The first kappa shape index (κ1) is 19.7. The van der Waals surface area contributed by atoms with Crippen molar-refractivity contribution >= 4 is 0 Å². The summed E-state index contributed by atoms with van der Waals surface area (Å²) in [5.41, 5.74) is 1.96. The van der Waals surface area contributed by atoms with Gasteiger partial charge in [0.1, 0.15) is 12.2 Å². The average molecular weight is 370 g/mol. The van der Waals surface area contributed by atoms with E-state index in [1.54, 1.807) is 6.08 Å². The highest BCUT2D eigenvalue weighted by molar-refractivity contribution is 5.17. The quantitative estimate of drug-likeness (QED) is 0.699. The van der Waals surface area contributed by atoms with Crippen molar-refractivity contribution in [3.8, 4) is 0 Å². The van der Waals surface area contributed by atoms with E-state index in [1.807, 2.05) is 66.7 Å². The van der Waals surface area contributed by atoms with E-state index in [9.17, 15) is 5.11 Å². The van der Waals surface area contributed by atoms with Gasteiger partial charge in [0.15, 0.2) is 6.29 Å². The third kappa shape index (κ3) is 5.73. The van der Waals surface area contributed by atoms with Gasteiger partial charge < -0.3 is 24.4 Å². The molecule has 1 saturated heterocycles. The van der Waals surface area contributed by atoms with Crippen LogP contribution in [0.4, 0.5) is 0 Å². The van der Waals surface area contributed by atoms with Gasteiger partial charge in [-0.05, 0) is 12.0 Å². The van der Waals surface area contributed by atoms with Crippen molar-refractivity contribution in [2.24, 2.45) is 0 Å². The van der Waals surface area contributed by atoms with Crippen LogP contribution in [0.5, 0.6) is 0 Å². The average Bonchev–Trinajstić information content (AvgIpc) is 2.73. The van der Waals surface area contributed by atoms with Gasteiger partial charge in [-0.3, -0.25) is 0 Å². The summed E-state index contributed by atoms with van der Waals surface area (Å²) in [5, 5.41) is 19.5. The van der Waals surface area contributed by atoms with Crippen LogP contribution in [0.1, 0.15) is 23.8 Å². The number of rotatable bonds is 8. The fourth-order valence-corrected chi connectivity index (χ4v) is 3.05. The molecule has 0 saturated carbocycles. The standard InChI is InChI=1S/C22H26O5/c23-14-8-7-13-20(25-15-17-9-3-1-4-10-17)21-19(24)16-26-22(27-21)18-11-5-2-6-12-18/h1-12,19-24H,13-16H2/b8-7-/t19-,20-,21-,22-/m1/s1. The molecule has 5 nitrogen and oxygen atoms in total. The highest BCUT2D eigenvalue weighted by Crippen LogP contribution is 2.30. The molecule has 0 radical (unpaired) electrons. The summed E-state index contributed by atoms with van der Waals surface area (Å²) in [5.74, 6) is 0. The predicted molar refractivity (Wildman–Crippen MR) is 102 cm³/mol. The van der Waals surface area contributed by atoms with E-state index >= 15 is 0 Å². The maximum atomic E-state index is 10.5. The van der Waals surface area contributed by atoms with Crippen LogP contribution in [0.25, 0.3) is 0 Å². The zero-order valence-corrected chi connectivity index (χ0v) is 15.2. The lowest BCUT2D eigenvalue weighted by Gasteiger charge is -2.38. The molecular weight excluding hydrogens is 344 g/mol. The number of ether oxygens (including phenoxy) is 3. The van der Waals surface area contributed by atoms with Crippen LogP contribution >= 0.6 is 0 Å². The van der Waals surface area contributed by atoms with Gasteiger partial charge in [0, 0.05) is 5.56 Å². The molecule has 144 valence electrons. The summed E-state index contributed by atoms with van der Waals surface area (Å²) >= 11 is 0. The Labute approximate surface area is 159 Å². The maximum Gasteiger partial charge on any atom is 0.184 e. The first-order valence-electron chi connectivity index (χ1n) is 9.19. The third-order valence-electron chi connectivity index (χ3n) is 4.46. The molecule has 2 aromatic rings. The van der Waals surface area contributed by atoms with Crippen molar-refractivity contribution in [1.82, 2.24) is 0 Å². The van der Waals surface area contributed by atoms with Crippen LogP contribution in [0.3, 0.4) is 0 Å². The smallest absolute Gasteiger partial charge is 0.184 e. The minimum Gasteiger partial charge on any atom is -0.392 e. The van der Waals surface area contributed by atoms with Crippen LogP contribution in [0.2, 0.25) is 0 Å². The first-order valence-corrected chi connectivity index (χ1v) is 9.19. The van der Waals surface area contributed by atoms with Crippen LogP contribution in [-0.4, -0.2) is 41.7 Å². The van der Waals surface area contributed by atoms with Crippen molar-refractivity contribution in [1.29, 1.82) is 0 Å². The lowest BCUT2D eigenvalue weighted by atomic mass is 10.0. The number of hydrogen-bond donors (Lipinski definition) is 2.